The number of hydrogen-bond donors (Lipinski definition) is 1. The maximum atomic E-state index is 13.7. The number of carbonyl (C=O) groups is 1. The molecule has 1 saturated heterocycles. The molecule has 1 aromatic rings. The second-order valence-corrected chi connectivity index (χ2v) is 5.36. The molecule has 3 nitrogen and oxygen atoms in total. The lowest BCUT2D eigenvalue weighted by Crippen LogP contribution is -2.38. The highest BCUT2D eigenvalue weighted by molar-refractivity contribution is 6.00. The van der Waals surface area contributed by atoms with Gasteiger partial charge in [-0.15, -0.1) is 0 Å². The standard InChI is InChI=1S/C15H21FN2O/c1-10(2)13-8-5-9-18(13)15(19)11-6-4-7-12(16)14(11)17-3/h4,6-7,10,13,17H,5,8-9H2,1-3H3. The third kappa shape index (κ3) is 2.57. The molecule has 4 heteroatoms. The summed E-state index contributed by atoms with van der Waals surface area (Å²) < 4.78 is 13.7. The molecular formula is C15H21FN2O. The van der Waals surface area contributed by atoms with Crippen LogP contribution in [0.5, 0.6) is 0 Å². The highest BCUT2D eigenvalue weighted by Gasteiger charge is 2.32. The molecule has 0 aliphatic carbocycles. The smallest absolute Gasteiger partial charge is 0.256 e. The Labute approximate surface area is 113 Å². The maximum absolute atomic E-state index is 13.7. The van der Waals surface area contributed by atoms with Gasteiger partial charge in [-0.05, 0) is 30.9 Å². The Balaban J connectivity index is 2.32. The summed E-state index contributed by atoms with van der Waals surface area (Å²) in [7, 11) is 1.64. The average Bonchev–Trinajstić information content (AvgIpc) is 2.86. The van der Waals surface area contributed by atoms with Crippen LogP contribution >= 0.6 is 0 Å². The Bertz CT molecular complexity index is 473. The number of rotatable bonds is 3. The van der Waals surface area contributed by atoms with E-state index >= 15 is 0 Å². The van der Waals surface area contributed by atoms with E-state index in [9.17, 15) is 9.18 Å². The van der Waals surface area contributed by atoms with E-state index in [4.69, 9.17) is 0 Å². The Morgan fingerprint density at radius 3 is 2.84 bits per heavy atom. The summed E-state index contributed by atoms with van der Waals surface area (Å²) in [5.41, 5.74) is 0.719. The fraction of sp³-hybridized carbons (Fsp3) is 0.533. The predicted molar refractivity (Wildman–Crippen MR) is 74.8 cm³/mol. The van der Waals surface area contributed by atoms with Crippen molar-refractivity contribution in [3.05, 3.63) is 29.6 Å². The van der Waals surface area contributed by atoms with Gasteiger partial charge in [0.15, 0.2) is 0 Å². The van der Waals surface area contributed by atoms with Crippen LogP contribution in [0.4, 0.5) is 10.1 Å². The van der Waals surface area contributed by atoms with Crippen LogP contribution in [0.3, 0.4) is 0 Å². The Morgan fingerprint density at radius 1 is 1.47 bits per heavy atom. The normalized spacial score (nSPS) is 19.0. The minimum Gasteiger partial charge on any atom is -0.385 e. The van der Waals surface area contributed by atoms with E-state index in [1.807, 2.05) is 4.90 Å². The Morgan fingerprint density at radius 2 is 2.21 bits per heavy atom. The van der Waals surface area contributed by atoms with Crippen LogP contribution in [0.1, 0.15) is 37.0 Å². The van der Waals surface area contributed by atoms with Crippen molar-refractivity contribution in [3.63, 3.8) is 0 Å². The van der Waals surface area contributed by atoms with Gasteiger partial charge in [0.2, 0.25) is 0 Å². The van der Waals surface area contributed by atoms with Gasteiger partial charge >= 0.3 is 0 Å². The largest absolute Gasteiger partial charge is 0.385 e. The van der Waals surface area contributed by atoms with Crippen LogP contribution in [-0.4, -0.2) is 30.4 Å². The number of benzene rings is 1. The zero-order valence-corrected chi connectivity index (χ0v) is 11.7. The van der Waals surface area contributed by atoms with E-state index in [2.05, 4.69) is 19.2 Å². The maximum Gasteiger partial charge on any atom is 0.256 e. The van der Waals surface area contributed by atoms with Crippen LogP contribution in [0, 0.1) is 11.7 Å². The number of likely N-dealkylation sites (tertiary alicyclic amines) is 1. The molecule has 2 rings (SSSR count). The summed E-state index contributed by atoms with van der Waals surface area (Å²) in [5.74, 6) is -0.0215. The summed E-state index contributed by atoms with van der Waals surface area (Å²) in [6, 6.07) is 4.91. The van der Waals surface area contributed by atoms with E-state index in [1.54, 1.807) is 19.2 Å². The van der Waals surface area contributed by atoms with Gasteiger partial charge in [-0.3, -0.25) is 4.79 Å². The van der Waals surface area contributed by atoms with Crippen molar-refractivity contribution in [3.8, 4) is 0 Å². The molecular weight excluding hydrogens is 243 g/mol. The average molecular weight is 264 g/mol. The Hall–Kier alpha value is -1.58. The first kappa shape index (κ1) is 13.8. The topological polar surface area (TPSA) is 32.3 Å². The van der Waals surface area contributed by atoms with Crippen LogP contribution in [-0.2, 0) is 0 Å². The third-order valence-corrected chi connectivity index (χ3v) is 3.82. The van der Waals surface area contributed by atoms with E-state index in [0.29, 0.717) is 17.2 Å². The number of hydrogen-bond acceptors (Lipinski definition) is 2. The lowest BCUT2D eigenvalue weighted by atomic mass is 10.0. The lowest BCUT2D eigenvalue weighted by Gasteiger charge is -2.28. The molecule has 104 valence electrons. The fourth-order valence-corrected chi connectivity index (χ4v) is 2.85. The van der Waals surface area contributed by atoms with Gasteiger partial charge in [0.1, 0.15) is 5.82 Å². The molecule has 0 radical (unpaired) electrons. The minimum absolute atomic E-state index is 0.0694. The van der Waals surface area contributed by atoms with Crippen molar-refractivity contribution in [1.29, 1.82) is 0 Å². The number of halogens is 1. The number of amides is 1. The van der Waals surface area contributed by atoms with Crippen molar-refractivity contribution in [2.75, 3.05) is 18.9 Å². The number of nitrogens with zero attached hydrogens (tertiary/aromatic N) is 1. The summed E-state index contributed by atoms with van der Waals surface area (Å²) in [6.45, 7) is 5.02. The first-order chi connectivity index (χ1) is 9.06. The van der Waals surface area contributed by atoms with E-state index in [0.717, 1.165) is 19.4 Å². The highest BCUT2D eigenvalue weighted by Crippen LogP contribution is 2.28. The van der Waals surface area contributed by atoms with Crippen LogP contribution in [0.25, 0.3) is 0 Å². The van der Waals surface area contributed by atoms with E-state index < -0.39 is 0 Å². The van der Waals surface area contributed by atoms with Gasteiger partial charge < -0.3 is 10.2 Å². The molecule has 1 amide bonds. The number of carbonyl (C=O) groups excluding carboxylic acids is 1. The molecule has 1 heterocycles. The number of nitrogens with one attached hydrogen (secondary N) is 1. The zero-order chi connectivity index (χ0) is 14.0. The second kappa shape index (κ2) is 5.59. The summed E-state index contributed by atoms with van der Waals surface area (Å²) in [6.07, 6.45) is 2.06. The quantitative estimate of drug-likeness (QED) is 0.909. The van der Waals surface area contributed by atoms with Gasteiger partial charge in [-0.1, -0.05) is 19.9 Å². The van der Waals surface area contributed by atoms with Crippen LogP contribution in [0.15, 0.2) is 18.2 Å². The fourth-order valence-electron chi connectivity index (χ4n) is 2.85. The van der Waals surface area contributed by atoms with Gasteiger partial charge in [0.25, 0.3) is 5.91 Å². The summed E-state index contributed by atoms with van der Waals surface area (Å²) >= 11 is 0. The van der Waals surface area contributed by atoms with Crippen LogP contribution in [0.2, 0.25) is 0 Å². The first-order valence-corrected chi connectivity index (χ1v) is 6.83. The Kier molecular flexibility index (Phi) is 4.08. The van der Waals surface area contributed by atoms with Crippen molar-refractivity contribution in [2.24, 2.45) is 5.92 Å². The minimum atomic E-state index is -0.381. The van der Waals surface area contributed by atoms with Gasteiger partial charge in [0, 0.05) is 19.6 Å². The first-order valence-electron chi connectivity index (χ1n) is 6.83. The van der Waals surface area contributed by atoms with Gasteiger partial charge in [0.05, 0.1) is 11.3 Å². The van der Waals surface area contributed by atoms with E-state index in [-0.39, 0.29) is 17.8 Å². The van der Waals surface area contributed by atoms with Crippen molar-refractivity contribution < 1.29 is 9.18 Å². The van der Waals surface area contributed by atoms with Crippen molar-refractivity contribution >= 4 is 11.6 Å². The molecule has 1 unspecified atom stereocenters. The highest BCUT2D eigenvalue weighted by atomic mass is 19.1. The second-order valence-electron chi connectivity index (χ2n) is 5.36. The molecule has 1 atom stereocenters. The van der Waals surface area contributed by atoms with Crippen molar-refractivity contribution in [2.45, 2.75) is 32.7 Å². The molecule has 0 aromatic heterocycles. The van der Waals surface area contributed by atoms with Crippen LogP contribution < -0.4 is 5.32 Å². The molecule has 1 aliphatic heterocycles. The zero-order valence-electron chi connectivity index (χ0n) is 11.7. The van der Waals surface area contributed by atoms with Crippen molar-refractivity contribution in [1.82, 2.24) is 4.90 Å². The lowest BCUT2D eigenvalue weighted by molar-refractivity contribution is 0.0702. The monoisotopic (exact) mass is 264 g/mol. The SMILES string of the molecule is CNc1c(F)cccc1C(=O)N1CCCC1C(C)C. The molecule has 0 bridgehead atoms. The van der Waals surface area contributed by atoms with E-state index in [1.165, 1.54) is 6.07 Å². The number of para-hydroxylation sites is 1. The molecule has 1 aromatic carbocycles. The summed E-state index contributed by atoms with van der Waals surface area (Å²) in [4.78, 5) is 14.5. The molecule has 0 spiro atoms. The molecule has 19 heavy (non-hydrogen) atoms. The molecule has 1 N–H and O–H groups in total. The molecule has 1 fully saturated rings. The number of anilines is 1. The molecule has 1 aliphatic rings. The van der Waals surface area contributed by atoms with Gasteiger partial charge in [-0.2, -0.15) is 0 Å². The summed E-state index contributed by atoms with van der Waals surface area (Å²) in [5, 5.41) is 2.79. The predicted octanol–water partition coefficient (Wildman–Crippen LogP) is 3.13. The van der Waals surface area contributed by atoms with Gasteiger partial charge in [-0.25, -0.2) is 4.39 Å². The molecule has 0 saturated carbocycles. The third-order valence-electron chi connectivity index (χ3n) is 3.82.